The van der Waals surface area contributed by atoms with Gasteiger partial charge in [-0.05, 0) is 71.2 Å². The molecule has 0 N–H and O–H groups in total. The first-order valence-corrected chi connectivity index (χ1v) is 8.88. The molecular formula is C18H16Br2O5. The van der Waals surface area contributed by atoms with E-state index >= 15 is 0 Å². The number of esters is 2. The molecule has 0 saturated carbocycles. The maximum absolute atomic E-state index is 12.0. The molecule has 2 rings (SSSR count). The van der Waals surface area contributed by atoms with E-state index in [0.29, 0.717) is 21.5 Å². The van der Waals surface area contributed by atoms with Crippen molar-refractivity contribution in [3.05, 3.63) is 56.0 Å². The van der Waals surface area contributed by atoms with E-state index in [4.69, 9.17) is 9.47 Å². The number of methoxy groups -OCH3 is 1. The fourth-order valence-electron chi connectivity index (χ4n) is 2.24. The topological polar surface area (TPSA) is 61.8 Å². The Balaban J connectivity index is 2.03. The van der Waals surface area contributed by atoms with Gasteiger partial charge in [-0.25, -0.2) is 9.59 Å². The summed E-state index contributed by atoms with van der Waals surface area (Å²) in [7, 11) is 1.30. The molecule has 0 radical (unpaired) electrons. The van der Waals surface area contributed by atoms with E-state index in [1.54, 1.807) is 0 Å². The van der Waals surface area contributed by atoms with Crippen LogP contribution in [0.25, 0.3) is 0 Å². The van der Waals surface area contributed by atoms with Crippen LogP contribution in [0, 0.1) is 13.8 Å². The van der Waals surface area contributed by atoms with Gasteiger partial charge in [0.2, 0.25) is 0 Å². The molecular weight excluding hydrogens is 456 g/mol. The zero-order valence-electron chi connectivity index (χ0n) is 13.9. The zero-order valence-corrected chi connectivity index (χ0v) is 17.1. The number of hydrogen-bond donors (Lipinski definition) is 0. The van der Waals surface area contributed by atoms with Crippen LogP contribution >= 0.6 is 31.9 Å². The first-order chi connectivity index (χ1) is 11.8. The number of halogens is 2. The molecule has 0 aliphatic carbocycles. The van der Waals surface area contributed by atoms with Crippen molar-refractivity contribution in [2.75, 3.05) is 13.7 Å². The minimum Gasteiger partial charge on any atom is -0.481 e. The van der Waals surface area contributed by atoms with E-state index in [1.807, 2.05) is 26.0 Å². The van der Waals surface area contributed by atoms with Gasteiger partial charge in [0.25, 0.3) is 0 Å². The van der Waals surface area contributed by atoms with E-state index in [9.17, 15) is 9.59 Å². The molecule has 0 aromatic heterocycles. The average molecular weight is 472 g/mol. The normalized spacial score (nSPS) is 10.3. The van der Waals surface area contributed by atoms with Gasteiger partial charge in [0, 0.05) is 4.47 Å². The molecule has 132 valence electrons. The third kappa shape index (κ3) is 5.06. The van der Waals surface area contributed by atoms with Crippen molar-refractivity contribution in [2.24, 2.45) is 0 Å². The summed E-state index contributed by atoms with van der Waals surface area (Å²) in [5.41, 5.74) is 2.19. The lowest BCUT2D eigenvalue weighted by atomic mass is 10.1. The predicted molar refractivity (Wildman–Crippen MR) is 100 cm³/mol. The Bertz CT molecular complexity index is 794. The molecule has 0 atom stereocenters. The van der Waals surface area contributed by atoms with Gasteiger partial charge in [-0.2, -0.15) is 0 Å². The van der Waals surface area contributed by atoms with Crippen molar-refractivity contribution in [1.29, 1.82) is 0 Å². The van der Waals surface area contributed by atoms with Crippen LogP contribution in [0.5, 0.6) is 11.5 Å². The Hall–Kier alpha value is -1.86. The van der Waals surface area contributed by atoms with Crippen LogP contribution in [0.3, 0.4) is 0 Å². The maximum Gasteiger partial charge on any atom is 0.349 e. The van der Waals surface area contributed by atoms with Crippen molar-refractivity contribution >= 4 is 43.8 Å². The number of ether oxygens (including phenoxy) is 3. The molecule has 0 spiro atoms. The van der Waals surface area contributed by atoms with Crippen LogP contribution in [0.2, 0.25) is 0 Å². The van der Waals surface area contributed by atoms with Crippen LogP contribution < -0.4 is 9.47 Å². The molecule has 0 bridgehead atoms. The molecule has 0 saturated heterocycles. The SMILES string of the molecule is COC(=O)c1ccc(OC(=O)COc2c(C)cc(Br)cc2C)c(Br)c1. The number of carbonyl (C=O) groups is 2. The summed E-state index contributed by atoms with van der Waals surface area (Å²) in [6.07, 6.45) is 0. The van der Waals surface area contributed by atoms with Gasteiger partial charge in [0.05, 0.1) is 17.1 Å². The van der Waals surface area contributed by atoms with Gasteiger partial charge in [-0.1, -0.05) is 15.9 Å². The van der Waals surface area contributed by atoms with Gasteiger partial charge >= 0.3 is 11.9 Å². The molecule has 0 unspecified atom stereocenters. The second-order valence-electron chi connectivity index (χ2n) is 5.27. The minimum atomic E-state index is -0.548. The Morgan fingerprint density at radius 1 is 1.04 bits per heavy atom. The highest BCUT2D eigenvalue weighted by molar-refractivity contribution is 9.10. The summed E-state index contributed by atoms with van der Waals surface area (Å²) in [4.78, 5) is 23.5. The van der Waals surface area contributed by atoms with Crippen molar-refractivity contribution in [3.8, 4) is 11.5 Å². The van der Waals surface area contributed by atoms with Crippen molar-refractivity contribution in [3.63, 3.8) is 0 Å². The predicted octanol–water partition coefficient (Wildman–Crippen LogP) is 4.60. The van der Waals surface area contributed by atoms with Crippen LogP contribution in [-0.4, -0.2) is 25.7 Å². The lowest BCUT2D eigenvalue weighted by Gasteiger charge is -2.13. The molecule has 2 aromatic carbocycles. The smallest absolute Gasteiger partial charge is 0.349 e. The Morgan fingerprint density at radius 3 is 2.24 bits per heavy atom. The number of rotatable bonds is 5. The highest BCUT2D eigenvalue weighted by Crippen LogP contribution is 2.28. The summed E-state index contributed by atoms with van der Waals surface area (Å²) in [6, 6.07) is 8.39. The summed E-state index contributed by atoms with van der Waals surface area (Å²) in [6.45, 7) is 3.58. The molecule has 5 nitrogen and oxygen atoms in total. The minimum absolute atomic E-state index is 0.228. The second kappa shape index (κ2) is 8.49. The molecule has 0 amide bonds. The molecule has 0 heterocycles. The van der Waals surface area contributed by atoms with Gasteiger partial charge < -0.3 is 14.2 Å². The van der Waals surface area contributed by atoms with Crippen LogP contribution in [0.4, 0.5) is 0 Å². The van der Waals surface area contributed by atoms with E-state index in [2.05, 4.69) is 36.6 Å². The quantitative estimate of drug-likeness (QED) is 0.471. The summed E-state index contributed by atoms with van der Waals surface area (Å²) in [5, 5.41) is 0. The summed E-state index contributed by atoms with van der Waals surface area (Å²) in [5.74, 6) is -0.0675. The highest BCUT2D eigenvalue weighted by atomic mass is 79.9. The van der Waals surface area contributed by atoms with E-state index in [0.717, 1.165) is 15.6 Å². The molecule has 0 aliphatic heterocycles. The Labute approximate surface area is 162 Å². The first kappa shape index (κ1) is 19.5. The van der Waals surface area contributed by atoms with Crippen LogP contribution in [0.1, 0.15) is 21.5 Å². The zero-order chi connectivity index (χ0) is 18.6. The third-order valence-corrected chi connectivity index (χ3v) is 4.41. The fourth-order valence-corrected chi connectivity index (χ4v) is 3.38. The van der Waals surface area contributed by atoms with Crippen LogP contribution in [-0.2, 0) is 9.53 Å². The number of hydrogen-bond acceptors (Lipinski definition) is 5. The van der Waals surface area contributed by atoms with Gasteiger partial charge in [-0.15, -0.1) is 0 Å². The summed E-state index contributed by atoms with van der Waals surface area (Å²) >= 11 is 6.68. The molecule has 7 heteroatoms. The maximum atomic E-state index is 12.0. The monoisotopic (exact) mass is 470 g/mol. The van der Waals surface area contributed by atoms with E-state index in [-0.39, 0.29) is 6.61 Å². The largest absolute Gasteiger partial charge is 0.481 e. The third-order valence-electron chi connectivity index (χ3n) is 3.34. The molecule has 2 aromatic rings. The number of aryl methyl sites for hydroxylation is 2. The van der Waals surface area contributed by atoms with Gasteiger partial charge in [0.1, 0.15) is 11.5 Å². The summed E-state index contributed by atoms with van der Waals surface area (Å²) < 4.78 is 16.9. The van der Waals surface area contributed by atoms with E-state index in [1.165, 1.54) is 25.3 Å². The second-order valence-corrected chi connectivity index (χ2v) is 7.04. The van der Waals surface area contributed by atoms with Crippen LogP contribution in [0.15, 0.2) is 39.3 Å². The van der Waals surface area contributed by atoms with Gasteiger partial charge in [-0.3, -0.25) is 0 Å². The van der Waals surface area contributed by atoms with Crippen molar-refractivity contribution < 1.29 is 23.8 Å². The standard InChI is InChI=1S/C18H16Br2O5/c1-10-6-13(19)7-11(2)17(10)24-9-16(21)25-15-5-4-12(8-14(15)20)18(22)23-3/h4-8H,9H2,1-3H3. The first-order valence-electron chi connectivity index (χ1n) is 7.30. The van der Waals surface area contributed by atoms with Gasteiger partial charge in [0.15, 0.2) is 6.61 Å². The Morgan fingerprint density at radius 2 is 1.68 bits per heavy atom. The fraction of sp³-hybridized carbons (Fsp3) is 0.222. The van der Waals surface area contributed by atoms with Crippen molar-refractivity contribution in [2.45, 2.75) is 13.8 Å². The highest BCUT2D eigenvalue weighted by Gasteiger charge is 2.14. The van der Waals surface area contributed by atoms with E-state index < -0.39 is 11.9 Å². The molecule has 25 heavy (non-hydrogen) atoms. The number of benzene rings is 2. The lowest BCUT2D eigenvalue weighted by Crippen LogP contribution is -2.18. The van der Waals surface area contributed by atoms with Crippen molar-refractivity contribution in [1.82, 2.24) is 0 Å². The Kier molecular flexibility index (Phi) is 6.61. The number of carbonyl (C=O) groups excluding carboxylic acids is 2. The molecule has 0 fully saturated rings. The molecule has 0 aliphatic rings. The lowest BCUT2D eigenvalue weighted by molar-refractivity contribution is -0.136. The average Bonchev–Trinajstić information content (AvgIpc) is 2.55.